The highest BCUT2D eigenvalue weighted by Gasteiger charge is 2.18. The van der Waals surface area contributed by atoms with E-state index in [0.29, 0.717) is 24.5 Å². The van der Waals surface area contributed by atoms with Crippen molar-refractivity contribution in [3.8, 4) is 11.5 Å². The molecule has 6 heteroatoms. The average molecular weight is 447 g/mol. The normalized spacial score (nSPS) is 15.2. The summed E-state index contributed by atoms with van der Waals surface area (Å²) in [5.74, 6) is 2.67. The molecule has 1 aliphatic rings. The fourth-order valence-electron chi connectivity index (χ4n) is 2.62. The number of aliphatic imine (C=N–C) groups is 1. The lowest BCUT2D eigenvalue weighted by atomic mass is 10.2. The minimum Gasteiger partial charge on any atom is -0.497 e. The summed E-state index contributed by atoms with van der Waals surface area (Å²) in [6.07, 6.45) is 5.04. The maximum atomic E-state index is 6.17. The molecule has 0 bridgehead atoms. The Bertz CT molecular complexity index is 529. The minimum absolute atomic E-state index is 0. The first kappa shape index (κ1) is 20.9. The lowest BCUT2D eigenvalue weighted by Crippen LogP contribution is -2.34. The number of nitrogens with zero attached hydrogens (tertiary/aromatic N) is 1. The summed E-state index contributed by atoms with van der Waals surface area (Å²) in [6, 6.07) is 5.88. The molecule has 1 fully saturated rings. The van der Waals surface area contributed by atoms with Gasteiger partial charge in [0.2, 0.25) is 0 Å². The Balaban J connectivity index is 0.00000288. The highest BCUT2D eigenvalue weighted by atomic mass is 127. The van der Waals surface area contributed by atoms with Crippen molar-refractivity contribution in [1.29, 1.82) is 0 Å². The summed E-state index contributed by atoms with van der Waals surface area (Å²) in [4.78, 5) is 4.42. The predicted molar refractivity (Wildman–Crippen MR) is 109 cm³/mol. The summed E-state index contributed by atoms with van der Waals surface area (Å²) < 4.78 is 11.5. The van der Waals surface area contributed by atoms with Gasteiger partial charge in [0.25, 0.3) is 0 Å². The molecule has 24 heavy (non-hydrogen) atoms. The van der Waals surface area contributed by atoms with E-state index in [9.17, 15) is 0 Å². The predicted octanol–water partition coefficient (Wildman–Crippen LogP) is 3.69. The smallest absolute Gasteiger partial charge is 0.188 e. The van der Waals surface area contributed by atoms with Gasteiger partial charge >= 0.3 is 0 Å². The number of nitrogens with two attached hydrogens (primary N) is 1. The molecule has 0 heterocycles. The Kier molecular flexibility index (Phi) is 9.25. The van der Waals surface area contributed by atoms with Crippen LogP contribution in [-0.4, -0.2) is 25.7 Å². The van der Waals surface area contributed by atoms with Gasteiger partial charge in [-0.3, -0.25) is 0 Å². The molecule has 1 aromatic rings. The van der Waals surface area contributed by atoms with Crippen LogP contribution in [0.1, 0.15) is 45.1 Å². The summed E-state index contributed by atoms with van der Waals surface area (Å²) >= 11 is 0. The van der Waals surface area contributed by atoms with Crippen molar-refractivity contribution in [2.75, 3.05) is 13.7 Å². The van der Waals surface area contributed by atoms with Crippen molar-refractivity contribution in [3.05, 3.63) is 23.8 Å². The molecule has 0 unspecified atom stereocenters. The Morgan fingerprint density at radius 2 is 2.04 bits per heavy atom. The molecule has 1 aromatic carbocycles. The summed E-state index contributed by atoms with van der Waals surface area (Å²) in [5, 5.41) is 3.13. The second-order valence-electron chi connectivity index (χ2n) is 6.47. The van der Waals surface area contributed by atoms with Crippen LogP contribution < -0.4 is 20.5 Å². The first-order valence-electron chi connectivity index (χ1n) is 8.46. The molecule has 0 amide bonds. The number of halogens is 1. The fourth-order valence-corrected chi connectivity index (χ4v) is 2.62. The van der Waals surface area contributed by atoms with Gasteiger partial charge in [-0.15, -0.1) is 24.0 Å². The van der Waals surface area contributed by atoms with Crippen molar-refractivity contribution in [1.82, 2.24) is 5.32 Å². The first-order valence-corrected chi connectivity index (χ1v) is 8.46. The van der Waals surface area contributed by atoms with Crippen molar-refractivity contribution < 1.29 is 9.47 Å². The molecular weight excluding hydrogens is 417 g/mol. The molecular formula is C18H30IN3O2. The third-order valence-electron chi connectivity index (χ3n) is 3.98. The van der Waals surface area contributed by atoms with Crippen molar-refractivity contribution in [2.45, 2.75) is 52.2 Å². The number of methoxy groups -OCH3 is 1. The number of benzene rings is 1. The minimum atomic E-state index is 0. The van der Waals surface area contributed by atoms with Gasteiger partial charge in [-0.1, -0.05) is 13.8 Å². The zero-order valence-electron chi connectivity index (χ0n) is 14.9. The van der Waals surface area contributed by atoms with E-state index in [0.717, 1.165) is 36.4 Å². The molecule has 0 aliphatic heterocycles. The molecule has 0 saturated heterocycles. The number of hydrogen-bond acceptors (Lipinski definition) is 3. The van der Waals surface area contributed by atoms with E-state index in [1.54, 1.807) is 7.11 Å². The van der Waals surface area contributed by atoms with Crippen LogP contribution in [0.3, 0.4) is 0 Å². The van der Waals surface area contributed by atoms with Crippen molar-refractivity contribution >= 4 is 29.9 Å². The fraction of sp³-hybridized carbons (Fsp3) is 0.611. The molecule has 1 saturated carbocycles. The van der Waals surface area contributed by atoms with Crippen molar-refractivity contribution in [3.63, 3.8) is 0 Å². The van der Waals surface area contributed by atoms with E-state index in [1.807, 2.05) is 18.2 Å². The van der Waals surface area contributed by atoms with Gasteiger partial charge in [-0.05, 0) is 43.7 Å². The van der Waals surface area contributed by atoms with Crippen LogP contribution in [0.5, 0.6) is 11.5 Å². The molecule has 1 aliphatic carbocycles. The SMILES string of the molecule is COc1ccc(CN=C(N)NCC(C)C)c(OC2CCCC2)c1.I. The lowest BCUT2D eigenvalue weighted by molar-refractivity contribution is 0.207. The van der Waals surface area contributed by atoms with Crippen LogP contribution >= 0.6 is 24.0 Å². The van der Waals surface area contributed by atoms with Gasteiger partial charge in [-0.2, -0.15) is 0 Å². The molecule has 0 radical (unpaired) electrons. The molecule has 0 atom stereocenters. The lowest BCUT2D eigenvalue weighted by Gasteiger charge is -2.17. The van der Waals surface area contributed by atoms with Gasteiger partial charge in [0.1, 0.15) is 11.5 Å². The highest BCUT2D eigenvalue weighted by Crippen LogP contribution is 2.30. The van der Waals surface area contributed by atoms with Gasteiger partial charge in [-0.25, -0.2) is 4.99 Å². The van der Waals surface area contributed by atoms with Crippen molar-refractivity contribution in [2.24, 2.45) is 16.6 Å². The van der Waals surface area contributed by atoms with Gasteiger partial charge in [0.05, 0.1) is 19.8 Å². The van der Waals surface area contributed by atoms with Gasteiger partial charge in [0.15, 0.2) is 5.96 Å². The van der Waals surface area contributed by atoms with E-state index in [1.165, 1.54) is 12.8 Å². The molecule has 136 valence electrons. The molecule has 0 spiro atoms. The van der Waals surface area contributed by atoms with Crippen LogP contribution in [0.2, 0.25) is 0 Å². The maximum Gasteiger partial charge on any atom is 0.188 e. The van der Waals surface area contributed by atoms with E-state index in [2.05, 4.69) is 24.2 Å². The highest BCUT2D eigenvalue weighted by molar-refractivity contribution is 14.0. The Morgan fingerprint density at radius 1 is 1.33 bits per heavy atom. The molecule has 2 rings (SSSR count). The van der Waals surface area contributed by atoms with E-state index >= 15 is 0 Å². The average Bonchev–Trinajstić information content (AvgIpc) is 3.04. The van der Waals surface area contributed by atoms with E-state index in [4.69, 9.17) is 15.2 Å². The Labute approximate surface area is 162 Å². The van der Waals surface area contributed by atoms with Crippen LogP contribution in [-0.2, 0) is 6.54 Å². The monoisotopic (exact) mass is 447 g/mol. The van der Waals surface area contributed by atoms with E-state index in [-0.39, 0.29) is 24.0 Å². The van der Waals surface area contributed by atoms with E-state index < -0.39 is 0 Å². The maximum absolute atomic E-state index is 6.17. The number of ether oxygens (including phenoxy) is 2. The second-order valence-corrected chi connectivity index (χ2v) is 6.47. The molecule has 5 nitrogen and oxygen atoms in total. The number of nitrogens with one attached hydrogen (secondary N) is 1. The quantitative estimate of drug-likeness (QED) is 0.380. The summed E-state index contributed by atoms with van der Waals surface area (Å²) in [7, 11) is 1.67. The summed E-state index contributed by atoms with van der Waals surface area (Å²) in [5.41, 5.74) is 6.95. The standard InChI is InChI=1S/C18H29N3O2.HI/c1-13(2)11-20-18(19)21-12-14-8-9-16(22-3)10-17(14)23-15-6-4-5-7-15;/h8-10,13,15H,4-7,11-12H2,1-3H3,(H3,19,20,21);1H. The number of hydrogen-bond donors (Lipinski definition) is 2. The number of rotatable bonds is 7. The van der Waals surface area contributed by atoms with Crippen LogP contribution in [0.25, 0.3) is 0 Å². The van der Waals surface area contributed by atoms with Crippen LogP contribution in [0, 0.1) is 5.92 Å². The first-order chi connectivity index (χ1) is 11.1. The second kappa shape index (κ2) is 10.6. The van der Waals surface area contributed by atoms with Crippen LogP contribution in [0.15, 0.2) is 23.2 Å². The third-order valence-corrected chi connectivity index (χ3v) is 3.98. The third kappa shape index (κ3) is 6.75. The summed E-state index contributed by atoms with van der Waals surface area (Å²) in [6.45, 7) is 5.60. The van der Waals surface area contributed by atoms with Crippen LogP contribution in [0.4, 0.5) is 0 Å². The topological polar surface area (TPSA) is 68.9 Å². The Morgan fingerprint density at radius 3 is 2.67 bits per heavy atom. The Hall–Kier alpha value is -1.18. The number of guanidine groups is 1. The molecule has 3 N–H and O–H groups in total. The zero-order chi connectivity index (χ0) is 16.7. The largest absolute Gasteiger partial charge is 0.497 e. The molecule has 0 aromatic heterocycles. The zero-order valence-corrected chi connectivity index (χ0v) is 17.2. The van der Waals surface area contributed by atoms with Gasteiger partial charge in [0, 0.05) is 18.2 Å². The van der Waals surface area contributed by atoms with Gasteiger partial charge < -0.3 is 20.5 Å².